The zero-order chi connectivity index (χ0) is 18.4. The highest BCUT2D eigenvalue weighted by atomic mass is 16.5. The summed E-state index contributed by atoms with van der Waals surface area (Å²) in [7, 11) is 1.58. The summed E-state index contributed by atoms with van der Waals surface area (Å²) in [6, 6.07) is 16.2. The topological polar surface area (TPSA) is 83.4 Å². The summed E-state index contributed by atoms with van der Waals surface area (Å²) < 4.78 is 15.9. The van der Waals surface area contributed by atoms with Gasteiger partial charge in [0.15, 0.2) is 5.82 Å². The van der Waals surface area contributed by atoms with E-state index in [4.69, 9.17) is 14.2 Å². The van der Waals surface area contributed by atoms with Gasteiger partial charge in [-0.1, -0.05) is 30.3 Å². The maximum Gasteiger partial charge on any atom is 0.364 e. The quantitative estimate of drug-likeness (QED) is 0.628. The Morgan fingerprint density at radius 2 is 1.65 bits per heavy atom. The Kier molecular flexibility index (Phi) is 5.38. The van der Waals surface area contributed by atoms with E-state index >= 15 is 0 Å². The van der Waals surface area contributed by atoms with Gasteiger partial charge in [-0.15, -0.1) is 10.2 Å². The van der Waals surface area contributed by atoms with Crippen molar-refractivity contribution in [3.8, 4) is 28.8 Å². The second kappa shape index (κ2) is 8.06. The fourth-order valence-corrected chi connectivity index (χ4v) is 2.18. The van der Waals surface area contributed by atoms with Crippen LogP contribution in [0.2, 0.25) is 0 Å². The average Bonchev–Trinajstić information content (AvgIpc) is 2.69. The first-order valence-corrected chi connectivity index (χ1v) is 8.00. The number of carbonyl (C=O) groups excluding carboxylic acids is 1. The molecule has 2 aromatic carbocycles. The molecule has 1 aromatic heterocycles. The Labute approximate surface area is 150 Å². The highest BCUT2D eigenvalue weighted by Gasteiger charge is 2.21. The van der Waals surface area contributed by atoms with Crippen LogP contribution in [-0.2, 0) is 4.74 Å². The lowest BCUT2D eigenvalue weighted by Gasteiger charge is -2.10. The number of nitrogens with zero attached hydrogens (tertiary/aromatic N) is 3. The molecule has 3 aromatic rings. The molecule has 0 atom stereocenters. The molecule has 26 heavy (non-hydrogen) atoms. The lowest BCUT2D eigenvalue weighted by molar-refractivity contribution is 0.0514. The predicted molar refractivity (Wildman–Crippen MR) is 94.3 cm³/mol. The van der Waals surface area contributed by atoms with Gasteiger partial charge in [-0.3, -0.25) is 0 Å². The van der Waals surface area contributed by atoms with Gasteiger partial charge in [-0.2, -0.15) is 4.98 Å². The standard InChI is InChI=1S/C19H17N3O4/c1-3-25-19(23)16-18(26-15-11-9-14(24-2)10-12-15)20-17(22-21-16)13-7-5-4-6-8-13/h4-12H,3H2,1-2H3. The minimum atomic E-state index is -0.643. The van der Waals surface area contributed by atoms with Crippen LogP contribution >= 0.6 is 0 Å². The first-order valence-electron chi connectivity index (χ1n) is 8.00. The van der Waals surface area contributed by atoms with Gasteiger partial charge in [0, 0.05) is 5.56 Å². The molecular weight excluding hydrogens is 334 g/mol. The number of esters is 1. The highest BCUT2D eigenvalue weighted by Crippen LogP contribution is 2.26. The molecule has 7 heteroatoms. The van der Waals surface area contributed by atoms with Crippen LogP contribution in [0.4, 0.5) is 0 Å². The number of methoxy groups -OCH3 is 1. The number of aromatic nitrogens is 3. The zero-order valence-corrected chi connectivity index (χ0v) is 14.4. The first kappa shape index (κ1) is 17.3. The Bertz CT molecular complexity index is 883. The average molecular weight is 351 g/mol. The van der Waals surface area contributed by atoms with E-state index < -0.39 is 5.97 Å². The molecule has 0 fully saturated rings. The van der Waals surface area contributed by atoms with Crippen LogP contribution < -0.4 is 9.47 Å². The number of benzene rings is 2. The van der Waals surface area contributed by atoms with Crippen molar-refractivity contribution in [2.45, 2.75) is 6.92 Å². The second-order valence-corrected chi connectivity index (χ2v) is 5.15. The van der Waals surface area contributed by atoms with Gasteiger partial charge in [-0.05, 0) is 31.2 Å². The normalized spacial score (nSPS) is 10.2. The summed E-state index contributed by atoms with van der Waals surface area (Å²) in [5.74, 6) is 0.907. The number of hydrogen-bond acceptors (Lipinski definition) is 7. The smallest absolute Gasteiger partial charge is 0.364 e. The van der Waals surface area contributed by atoms with E-state index in [1.807, 2.05) is 30.3 Å². The highest BCUT2D eigenvalue weighted by molar-refractivity contribution is 5.89. The molecule has 0 aliphatic rings. The monoisotopic (exact) mass is 351 g/mol. The number of rotatable bonds is 6. The lowest BCUT2D eigenvalue weighted by Crippen LogP contribution is -2.12. The third-order valence-electron chi connectivity index (χ3n) is 3.43. The Morgan fingerprint density at radius 1 is 0.962 bits per heavy atom. The Morgan fingerprint density at radius 3 is 2.31 bits per heavy atom. The van der Waals surface area contributed by atoms with Crippen LogP contribution in [-0.4, -0.2) is 34.9 Å². The molecule has 7 nitrogen and oxygen atoms in total. The molecule has 132 valence electrons. The molecule has 0 aliphatic heterocycles. The van der Waals surface area contributed by atoms with Gasteiger partial charge < -0.3 is 14.2 Å². The molecule has 1 heterocycles. The molecule has 0 bridgehead atoms. The van der Waals surface area contributed by atoms with Crippen molar-refractivity contribution in [3.63, 3.8) is 0 Å². The van der Waals surface area contributed by atoms with Crippen molar-refractivity contribution in [1.82, 2.24) is 15.2 Å². The molecule has 0 saturated carbocycles. The van der Waals surface area contributed by atoms with Crippen LogP contribution in [0.1, 0.15) is 17.4 Å². The van der Waals surface area contributed by atoms with Crippen molar-refractivity contribution >= 4 is 5.97 Å². The van der Waals surface area contributed by atoms with Crippen molar-refractivity contribution < 1.29 is 19.0 Å². The minimum Gasteiger partial charge on any atom is -0.497 e. The molecular formula is C19H17N3O4. The second-order valence-electron chi connectivity index (χ2n) is 5.15. The van der Waals surface area contributed by atoms with E-state index in [0.29, 0.717) is 17.3 Å². The van der Waals surface area contributed by atoms with Crippen LogP contribution in [0, 0.1) is 0 Å². The van der Waals surface area contributed by atoms with Crippen LogP contribution in [0.5, 0.6) is 17.4 Å². The van der Waals surface area contributed by atoms with Crippen LogP contribution in [0.15, 0.2) is 54.6 Å². The lowest BCUT2D eigenvalue weighted by atomic mass is 10.2. The molecule has 0 radical (unpaired) electrons. The summed E-state index contributed by atoms with van der Waals surface area (Å²) in [5.41, 5.74) is 0.678. The number of carbonyl (C=O) groups is 1. The largest absolute Gasteiger partial charge is 0.497 e. The van der Waals surface area contributed by atoms with Gasteiger partial charge in [0.1, 0.15) is 11.5 Å². The summed E-state index contributed by atoms with van der Waals surface area (Å²) in [6.07, 6.45) is 0. The molecule has 0 N–H and O–H groups in total. The van der Waals surface area contributed by atoms with Gasteiger partial charge in [-0.25, -0.2) is 4.79 Å². The molecule has 3 rings (SSSR count). The fourth-order valence-electron chi connectivity index (χ4n) is 2.18. The van der Waals surface area contributed by atoms with E-state index in [0.717, 1.165) is 5.56 Å². The first-order chi connectivity index (χ1) is 12.7. The maximum absolute atomic E-state index is 12.1. The van der Waals surface area contributed by atoms with Crippen LogP contribution in [0.3, 0.4) is 0 Å². The van der Waals surface area contributed by atoms with E-state index in [2.05, 4.69) is 15.2 Å². The fraction of sp³-hybridized carbons (Fsp3) is 0.158. The van der Waals surface area contributed by atoms with E-state index in [9.17, 15) is 4.79 Å². The van der Waals surface area contributed by atoms with Crippen molar-refractivity contribution in [3.05, 3.63) is 60.3 Å². The minimum absolute atomic E-state index is 0.0301. The number of ether oxygens (including phenoxy) is 3. The summed E-state index contributed by atoms with van der Waals surface area (Å²) in [4.78, 5) is 16.5. The van der Waals surface area contributed by atoms with E-state index in [-0.39, 0.29) is 18.2 Å². The third-order valence-corrected chi connectivity index (χ3v) is 3.43. The number of hydrogen-bond donors (Lipinski definition) is 0. The Balaban J connectivity index is 1.98. The van der Waals surface area contributed by atoms with Crippen molar-refractivity contribution in [1.29, 1.82) is 0 Å². The predicted octanol–water partition coefficient (Wildman–Crippen LogP) is 3.52. The van der Waals surface area contributed by atoms with Crippen molar-refractivity contribution in [2.24, 2.45) is 0 Å². The van der Waals surface area contributed by atoms with E-state index in [1.54, 1.807) is 38.3 Å². The van der Waals surface area contributed by atoms with Crippen LogP contribution in [0.25, 0.3) is 11.4 Å². The Hall–Kier alpha value is -3.48. The molecule has 0 amide bonds. The summed E-state index contributed by atoms with van der Waals surface area (Å²) >= 11 is 0. The zero-order valence-electron chi connectivity index (χ0n) is 14.4. The van der Waals surface area contributed by atoms with E-state index in [1.165, 1.54) is 0 Å². The van der Waals surface area contributed by atoms with Gasteiger partial charge >= 0.3 is 5.97 Å². The maximum atomic E-state index is 12.1. The molecule has 0 aliphatic carbocycles. The molecule has 0 spiro atoms. The van der Waals surface area contributed by atoms with Gasteiger partial charge in [0.05, 0.1) is 13.7 Å². The molecule has 0 unspecified atom stereocenters. The van der Waals surface area contributed by atoms with Gasteiger partial charge in [0.25, 0.3) is 5.88 Å². The third kappa shape index (κ3) is 3.94. The van der Waals surface area contributed by atoms with Gasteiger partial charge in [0.2, 0.25) is 5.69 Å². The molecule has 0 saturated heterocycles. The SMILES string of the molecule is CCOC(=O)c1nnc(-c2ccccc2)nc1Oc1ccc(OC)cc1. The summed E-state index contributed by atoms with van der Waals surface area (Å²) in [5, 5.41) is 7.99. The van der Waals surface area contributed by atoms with Crippen molar-refractivity contribution in [2.75, 3.05) is 13.7 Å². The summed E-state index contributed by atoms with van der Waals surface area (Å²) in [6.45, 7) is 1.92.